The molecule has 1 heterocycles. The van der Waals surface area contributed by atoms with Gasteiger partial charge in [0.25, 0.3) is 0 Å². The molecule has 1 unspecified atom stereocenters. The summed E-state index contributed by atoms with van der Waals surface area (Å²) in [5, 5.41) is 9.24. The molecule has 0 bridgehead atoms. The molecule has 3 rings (SSSR count). The van der Waals surface area contributed by atoms with Gasteiger partial charge in [-0.25, -0.2) is 4.79 Å². The number of hydrogen-bond donors (Lipinski definition) is 2. The molecular weight excluding hydrogens is 308 g/mol. The Morgan fingerprint density at radius 2 is 2.00 bits per heavy atom. The highest BCUT2D eigenvalue weighted by Crippen LogP contribution is 2.25. The number of rotatable bonds is 5. The molecule has 2 aromatic rings. The fraction of sp³-hybridized carbons (Fsp3) is 0.471. The molecule has 0 radical (unpaired) electrons. The van der Waals surface area contributed by atoms with E-state index in [1.54, 1.807) is 13.8 Å². The number of nitrogens with one attached hydrogen (secondary N) is 2. The van der Waals surface area contributed by atoms with Crippen LogP contribution < -0.4 is 15.4 Å². The summed E-state index contributed by atoms with van der Waals surface area (Å²) in [4.78, 5) is 16.1. The molecule has 7 heteroatoms. The number of amides is 2. The Hall–Kier alpha value is -2.57. The Morgan fingerprint density at radius 3 is 2.62 bits per heavy atom. The Bertz CT molecular complexity index is 677. The molecule has 7 nitrogen and oxygen atoms in total. The maximum absolute atomic E-state index is 12.0. The lowest BCUT2D eigenvalue weighted by Crippen LogP contribution is -2.31. The van der Waals surface area contributed by atoms with E-state index in [2.05, 4.69) is 20.8 Å². The third-order valence-electron chi connectivity index (χ3n) is 3.98. The Balaban J connectivity index is 1.50. The molecule has 1 atom stereocenters. The molecule has 0 spiro atoms. The highest BCUT2D eigenvalue weighted by molar-refractivity contribution is 5.89. The van der Waals surface area contributed by atoms with E-state index in [-0.39, 0.29) is 12.1 Å². The molecule has 1 saturated carbocycles. The minimum atomic E-state index is -0.365. The van der Waals surface area contributed by atoms with Gasteiger partial charge >= 0.3 is 6.03 Å². The highest BCUT2D eigenvalue weighted by Gasteiger charge is 2.17. The van der Waals surface area contributed by atoms with Crippen LogP contribution in [0, 0.1) is 6.92 Å². The number of urea groups is 1. The van der Waals surface area contributed by atoms with Crippen LogP contribution in [0.4, 0.5) is 10.5 Å². The van der Waals surface area contributed by atoms with Crippen LogP contribution in [0.25, 0.3) is 0 Å². The maximum Gasteiger partial charge on any atom is 0.319 e. The molecule has 2 N–H and O–H groups in total. The van der Waals surface area contributed by atoms with Gasteiger partial charge in [-0.3, -0.25) is 0 Å². The van der Waals surface area contributed by atoms with E-state index in [1.165, 1.54) is 12.8 Å². The molecule has 128 valence electrons. The van der Waals surface area contributed by atoms with Crippen molar-refractivity contribution >= 4 is 11.7 Å². The monoisotopic (exact) mass is 330 g/mol. The van der Waals surface area contributed by atoms with Gasteiger partial charge in [0.15, 0.2) is 5.82 Å². The summed E-state index contributed by atoms with van der Waals surface area (Å²) in [5.74, 6) is 1.75. The molecule has 0 saturated heterocycles. The zero-order chi connectivity index (χ0) is 16.9. The largest absolute Gasteiger partial charge is 0.490 e. The van der Waals surface area contributed by atoms with E-state index >= 15 is 0 Å². The topological polar surface area (TPSA) is 89.3 Å². The number of aromatic nitrogens is 2. The lowest BCUT2D eigenvalue weighted by atomic mass is 10.2. The Labute approximate surface area is 140 Å². The van der Waals surface area contributed by atoms with Gasteiger partial charge in [-0.15, -0.1) is 0 Å². The van der Waals surface area contributed by atoms with Crippen molar-refractivity contribution in [1.29, 1.82) is 0 Å². The molecule has 1 fully saturated rings. The number of aryl methyl sites for hydroxylation is 1. The smallest absolute Gasteiger partial charge is 0.319 e. The van der Waals surface area contributed by atoms with Crippen molar-refractivity contribution in [3.05, 3.63) is 36.0 Å². The molecule has 1 aromatic heterocycles. The van der Waals surface area contributed by atoms with Crippen molar-refractivity contribution in [2.24, 2.45) is 0 Å². The average molecular weight is 330 g/mol. The summed E-state index contributed by atoms with van der Waals surface area (Å²) < 4.78 is 10.9. The van der Waals surface area contributed by atoms with Crippen molar-refractivity contribution in [3.63, 3.8) is 0 Å². The van der Waals surface area contributed by atoms with Gasteiger partial charge in [0.05, 0.1) is 6.10 Å². The van der Waals surface area contributed by atoms with Crippen molar-refractivity contribution < 1.29 is 14.1 Å². The first-order valence-electron chi connectivity index (χ1n) is 8.24. The van der Waals surface area contributed by atoms with Gasteiger partial charge in [0.2, 0.25) is 5.89 Å². The number of anilines is 1. The van der Waals surface area contributed by atoms with Crippen LogP contribution >= 0.6 is 0 Å². The van der Waals surface area contributed by atoms with E-state index in [9.17, 15) is 4.79 Å². The van der Waals surface area contributed by atoms with Crippen molar-refractivity contribution in [2.45, 2.75) is 51.7 Å². The fourth-order valence-corrected chi connectivity index (χ4v) is 2.73. The minimum Gasteiger partial charge on any atom is -0.490 e. The lowest BCUT2D eigenvalue weighted by Gasteiger charge is -2.14. The van der Waals surface area contributed by atoms with Crippen LogP contribution in [0.1, 0.15) is 50.4 Å². The maximum atomic E-state index is 12.0. The molecule has 2 amide bonds. The van der Waals surface area contributed by atoms with E-state index in [0.29, 0.717) is 23.5 Å². The van der Waals surface area contributed by atoms with Crippen LogP contribution in [0.15, 0.2) is 28.8 Å². The van der Waals surface area contributed by atoms with Crippen LogP contribution in [-0.2, 0) is 0 Å². The zero-order valence-electron chi connectivity index (χ0n) is 13.9. The van der Waals surface area contributed by atoms with Gasteiger partial charge in [-0.05, 0) is 63.8 Å². The first-order valence-corrected chi connectivity index (χ1v) is 8.24. The summed E-state index contributed by atoms with van der Waals surface area (Å²) in [6.07, 6.45) is 5.04. The predicted molar refractivity (Wildman–Crippen MR) is 88.9 cm³/mol. The van der Waals surface area contributed by atoms with Crippen LogP contribution in [0.3, 0.4) is 0 Å². The fourth-order valence-electron chi connectivity index (χ4n) is 2.73. The normalized spacial score (nSPS) is 15.9. The van der Waals surface area contributed by atoms with Crippen molar-refractivity contribution in [3.8, 4) is 5.75 Å². The van der Waals surface area contributed by atoms with Crippen LogP contribution in [-0.4, -0.2) is 22.3 Å². The van der Waals surface area contributed by atoms with E-state index in [0.717, 1.165) is 18.6 Å². The zero-order valence-corrected chi connectivity index (χ0v) is 13.9. The van der Waals surface area contributed by atoms with Gasteiger partial charge in [-0.2, -0.15) is 4.98 Å². The second-order valence-electron chi connectivity index (χ2n) is 6.05. The van der Waals surface area contributed by atoms with Gasteiger partial charge in [-0.1, -0.05) is 5.16 Å². The molecular formula is C17H22N4O3. The Morgan fingerprint density at radius 1 is 1.29 bits per heavy atom. The summed E-state index contributed by atoms with van der Waals surface area (Å²) in [5.41, 5.74) is 0.695. The first kappa shape index (κ1) is 16.3. The number of carbonyl (C=O) groups is 1. The van der Waals surface area contributed by atoms with Crippen LogP contribution in [0.5, 0.6) is 5.75 Å². The number of carbonyl (C=O) groups excluding carboxylic acids is 1. The summed E-state index contributed by atoms with van der Waals surface area (Å²) in [6, 6.07) is 6.70. The van der Waals surface area contributed by atoms with E-state index < -0.39 is 0 Å². The van der Waals surface area contributed by atoms with Crippen LogP contribution in [0.2, 0.25) is 0 Å². The molecule has 24 heavy (non-hydrogen) atoms. The number of nitrogens with zero attached hydrogens (tertiary/aromatic N) is 2. The summed E-state index contributed by atoms with van der Waals surface area (Å²) in [6.45, 7) is 3.51. The van der Waals surface area contributed by atoms with Gasteiger partial charge in [0.1, 0.15) is 11.8 Å². The molecule has 0 aliphatic heterocycles. The quantitative estimate of drug-likeness (QED) is 0.874. The second-order valence-corrected chi connectivity index (χ2v) is 6.05. The third kappa shape index (κ3) is 4.24. The molecule has 1 aliphatic carbocycles. The van der Waals surface area contributed by atoms with E-state index in [4.69, 9.17) is 9.26 Å². The number of hydrogen-bond acceptors (Lipinski definition) is 5. The Kier molecular flexibility index (Phi) is 4.98. The second kappa shape index (κ2) is 7.33. The third-order valence-corrected chi connectivity index (χ3v) is 3.98. The molecule has 1 aliphatic rings. The minimum absolute atomic E-state index is 0.325. The highest BCUT2D eigenvalue weighted by atomic mass is 16.5. The van der Waals surface area contributed by atoms with E-state index in [1.807, 2.05) is 24.3 Å². The SMILES string of the molecule is Cc1noc(C(C)NC(=O)Nc2ccc(OC3CCCC3)cc2)n1. The molecule has 1 aromatic carbocycles. The number of benzene rings is 1. The summed E-state index contributed by atoms with van der Waals surface area (Å²) >= 11 is 0. The number of ether oxygens (including phenoxy) is 1. The van der Waals surface area contributed by atoms with Gasteiger partial charge < -0.3 is 19.9 Å². The lowest BCUT2D eigenvalue weighted by molar-refractivity contribution is 0.210. The van der Waals surface area contributed by atoms with Gasteiger partial charge in [0, 0.05) is 5.69 Å². The first-order chi connectivity index (χ1) is 11.6. The van der Waals surface area contributed by atoms with Crippen molar-refractivity contribution in [2.75, 3.05) is 5.32 Å². The summed E-state index contributed by atoms with van der Waals surface area (Å²) in [7, 11) is 0. The predicted octanol–water partition coefficient (Wildman–Crippen LogP) is 3.58. The average Bonchev–Trinajstić information content (AvgIpc) is 3.21. The van der Waals surface area contributed by atoms with Crippen molar-refractivity contribution in [1.82, 2.24) is 15.5 Å². The standard InChI is InChI=1S/C17H22N4O3/c1-11(16-19-12(2)21-24-16)18-17(22)20-13-7-9-15(10-8-13)23-14-5-3-4-6-14/h7-11,14H,3-6H2,1-2H3,(H2,18,20,22).